The van der Waals surface area contributed by atoms with Gasteiger partial charge >= 0.3 is 17.9 Å². The van der Waals surface area contributed by atoms with Crippen LogP contribution >= 0.6 is 0 Å². The molecule has 0 saturated carbocycles. The van der Waals surface area contributed by atoms with Gasteiger partial charge in [-0.1, -0.05) is 0 Å². The fourth-order valence-electron chi connectivity index (χ4n) is 1.18. The van der Waals surface area contributed by atoms with Gasteiger partial charge in [-0.05, 0) is 0 Å². The SMILES string of the molecule is CC(=O)OC1=COCC(OC(C)=O)=C1OC(C)=O. The Kier molecular flexibility index (Phi) is 4.47. The molecule has 0 radical (unpaired) electrons. The number of hydrogen-bond donors (Lipinski definition) is 0. The van der Waals surface area contributed by atoms with E-state index in [1.54, 1.807) is 0 Å². The summed E-state index contributed by atoms with van der Waals surface area (Å²) in [7, 11) is 0. The standard InChI is InChI=1S/C11H12O7/c1-6(12)16-9-4-15-5-10(17-7(2)13)11(9)18-8(3)14/h4H,5H2,1-3H3. The van der Waals surface area contributed by atoms with Crippen LogP contribution in [0, 0.1) is 0 Å². The summed E-state index contributed by atoms with van der Waals surface area (Å²) in [6, 6.07) is 0. The lowest BCUT2D eigenvalue weighted by Crippen LogP contribution is -2.18. The second-order valence-electron chi connectivity index (χ2n) is 3.33. The molecule has 7 heteroatoms. The number of esters is 3. The van der Waals surface area contributed by atoms with Crippen molar-refractivity contribution >= 4 is 17.9 Å². The number of carbonyl (C=O) groups excluding carboxylic acids is 3. The predicted octanol–water partition coefficient (Wildman–Crippen LogP) is 0.759. The van der Waals surface area contributed by atoms with Crippen LogP contribution in [0.15, 0.2) is 23.5 Å². The number of carbonyl (C=O) groups is 3. The largest absolute Gasteiger partial charge is 0.489 e. The fourth-order valence-corrected chi connectivity index (χ4v) is 1.18. The third-order valence-corrected chi connectivity index (χ3v) is 1.65. The van der Waals surface area contributed by atoms with E-state index in [9.17, 15) is 14.4 Å². The van der Waals surface area contributed by atoms with Crippen LogP contribution in [0.3, 0.4) is 0 Å². The minimum absolute atomic E-state index is 0.0311. The van der Waals surface area contributed by atoms with Crippen LogP contribution in [0.4, 0.5) is 0 Å². The molecular formula is C11H12O7. The summed E-state index contributed by atoms with van der Waals surface area (Å²) in [6.07, 6.45) is 1.10. The molecule has 0 aliphatic carbocycles. The van der Waals surface area contributed by atoms with Crippen LogP contribution in [-0.4, -0.2) is 24.5 Å². The Labute approximate surface area is 103 Å². The molecule has 0 atom stereocenters. The van der Waals surface area contributed by atoms with Crippen molar-refractivity contribution in [3.8, 4) is 0 Å². The highest BCUT2D eigenvalue weighted by Crippen LogP contribution is 2.24. The molecule has 0 saturated heterocycles. The first-order valence-electron chi connectivity index (χ1n) is 5.00. The van der Waals surface area contributed by atoms with E-state index in [2.05, 4.69) is 0 Å². The van der Waals surface area contributed by atoms with Gasteiger partial charge in [0.1, 0.15) is 12.9 Å². The zero-order valence-corrected chi connectivity index (χ0v) is 10.1. The van der Waals surface area contributed by atoms with Crippen molar-refractivity contribution in [3.05, 3.63) is 23.5 Å². The summed E-state index contributed by atoms with van der Waals surface area (Å²) >= 11 is 0. The molecule has 1 heterocycles. The third-order valence-electron chi connectivity index (χ3n) is 1.65. The van der Waals surface area contributed by atoms with E-state index >= 15 is 0 Å². The lowest BCUT2D eigenvalue weighted by Gasteiger charge is -2.19. The van der Waals surface area contributed by atoms with Gasteiger partial charge in [-0.25, -0.2) is 0 Å². The van der Waals surface area contributed by atoms with Gasteiger partial charge in [-0.3, -0.25) is 14.4 Å². The Morgan fingerprint density at radius 1 is 1.00 bits per heavy atom. The van der Waals surface area contributed by atoms with Gasteiger partial charge in [-0.15, -0.1) is 0 Å². The first-order chi connectivity index (χ1) is 8.40. The Bertz CT molecular complexity index is 444. The molecule has 0 spiro atoms. The first kappa shape index (κ1) is 13.8. The molecule has 0 amide bonds. The molecule has 0 aromatic heterocycles. The molecule has 0 fully saturated rings. The minimum Gasteiger partial charge on any atom is -0.489 e. The van der Waals surface area contributed by atoms with E-state index in [-0.39, 0.29) is 23.9 Å². The summed E-state index contributed by atoms with van der Waals surface area (Å²) in [4.78, 5) is 32.7. The molecule has 18 heavy (non-hydrogen) atoms. The number of rotatable bonds is 3. The molecule has 7 nitrogen and oxygen atoms in total. The smallest absolute Gasteiger partial charge is 0.308 e. The topological polar surface area (TPSA) is 88.1 Å². The van der Waals surface area contributed by atoms with Crippen molar-refractivity contribution in [3.63, 3.8) is 0 Å². The molecule has 1 aliphatic heterocycles. The lowest BCUT2D eigenvalue weighted by atomic mass is 10.3. The number of ether oxygens (including phenoxy) is 4. The van der Waals surface area contributed by atoms with E-state index in [0.717, 1.165) is 6.26 Å². The second kappa shape index (κ2) is 5.85. The minimum atomic E-state index is -0.644. The highest BCUT2D eigenvalue weighted by atomic mass is 16.6. The Morgan fingerprint density at radius 3 is 2.06 bits per heavy atom. The van der Waals surface area contributed by atoms with Crippen molar-refractivity contribution < 1.29 is 33.3 Å². The van der Waals surface area contributed by atoms with Gasteiger partial charge in [0.25, 0.3) is 0 Å². The van der Waals surface area contributed by atoms with E-state index in [1.165, 1.54) is 20.8 Å². The molecule has 1 rings (SSSR count). The van der Waals surface area contributed by atoms with Crippen molar-refractivity contribution in [1.82, 2.24) is 0 Å². The summed E-state index contributed by atoms with van der Waals surface area (Å²) < 4.78 is 19.4. The maximum absolute atomic E-state index is 11.0. The van der Waals surface area contributed by atoms with Crippen LogP contribution in [0.5, 0.6) is 0 Å². The summed E-state index contributed by atoms with van der Waals surface area (Å²) in [5.41, 5.74) is 0. The van der Waals surface area contributed by atoms with Crippen LogP contribution in [0.25, 0.3) is 0 Å². The fraction of sp³-hybridized carbons (Fsp3) is 0.364. The average molecular weight is 256 g/mol. The zero-order valence-electron chi connectivity index (χ0n) is 10.1. The summed E-state index contributed by atoms with van der Waals surface area (Å²) in [5, 5.41) is 0. The van der Waals surface area contributed by atoms with E-state index < -0.39 is 17.9 Å². The van der Waals surface area contributed by atoms with Crippen LogP contribution in [-0.2, 0) is 33.3 Å². The van der Waals surface area contributed by atoms with E-state index in [0.29, 0.717) is 0 Å². The number of hydrogen-bond acceptors (Lipinski definition) is 7. The molecular weight excluding hydrogens is 244 g/mol. The monoisotopic (exact) mass is 256 g/mol. The normalized spacial score (nSPS) is 14.3. The molecule has 0 N–H and O–H groups in total. The van der Waals surface area contributed by atoms with Gasteiger partial charge in [-0.2, -0.15) is 0 Å². The van der Waals surface area contributed by atoms with Crippen molar-refractivity contribution in [1.29, 1.82) is 0 Å². The van der Waals surface area contributed by atoms with E-state index in [4.69, 9.17) is 18.9 Å². The van der Waals surface area contributed by atoms with E-state index in [1.807, 2.05) is 0 Å². The quantitative estimate of drug-likeness (QED) is 0.544. The molecule has 1 aliphatic rings. The van der Waals surface area contributed by atoms with Gasteiger partial charge in [0.15, 0.2) is 5.76 Å². The molecule has 0 aromatic carbocycles. The predicted molar refractivity (Wildman–Crippen MR) is 56.4 cm³/mol. The Hall–Kier alpha value is -2.31. The molecule has 98 valence electrons. The van der Waals surface area contributed by atoms with Gasteiger partial charge in [0.05, 0.1) is 0 Å². The highest BCUT2D eigenvalue weighted by molar-refractivity contribution is 5.71. The first-order valence-corrected chi connectivity index (χ1v) is 5.00. The van der Waals surface area contributed by atoms with Gasteiger partial charge < -0.3 is 18.9 Å². The lowest BCUT2D eigenvalue weighted by molar-refractivity contribution is -0.144. The highest BCUT2D eigenvalue weighted by Gasteiger charge is 2.26. The maximum Gasteiger partial charge on any atom is 0.308 e. The average Bonchev–Trinajstić information content (AvgIpc) is 2.20. The second-order valence-corrected chi connectivity index (χ2v) is 3.33. The zero-order chi connectivity index (χ0) is 13.7. The third kappa shape index (κ3) is 3.93. The Morgan fingerprint density at radius 2 is 1.56 bits per heavy atom. The summed E-state index contributed by atoms with van der Waals surface area (Å²) in [6.45, 7) is 3.42. The van der Waals surface area contributed by atoms with Crippen LogP contribution < -0.4 is 0 Å². The van der Waals surface area contributed by atoms with Crippen molar-refractivity contribution in [2.75, 3.05) is 6.61 Å². The Balaban J connectivity index is 3.05. The van der Waals surface area contributed by atoms with Gasteiger partial charge in [0, 0.05) is 20.8 Å². The maximum atomic E-state index is 11.0. The molecule has 0 unspecified atom stereocenters. The van der Waals surface area contributed by atoms with Crippen LogP contribution in [0.1, 0.15) is 20.8 Å². The van der Waals surface area contributed by atoms with Crippen molar-refractivity contribution in [2.24, 2.45) is 0 Å². The van der Waals surface area contributed by atoms with Crippen LogP contribution in [0.2, 0.25) is 0 Å². The van der Waals surface area contributed by atoms with Crippen molar-refractivity contribution in [2.45, 2.75) is 20.8 Å². The summed E-state index contributed by atoms with van der Waals surface area (Å²) in [5.74, 6) is -2.17. The molecule has 0 aromatic rings. The van der Waals surface area contributed by atoms with Gasteiger partial charge in [0.2, 0.25) is 11.5 Å². The molecule has 0 bridgehead atoms.